The van der Waals surface area contributed by atoms with Crippen LogP contribution < -0.4 is 4.74 Å². The fraction of sp³-hybridized carbons (Fsp3) is 0.389. The van der Waals surface area contributed by atoms with Crippen LogP contribution in [0, 0.1) is 0 Å². The van der Waals surface area contributed by atoms with Crippen LogP contribution in [0.3, 0.4) is 0 Å². The van der Waals surface area contributed by atoms with Gasteiger partial charge in [0.2, 0.25) is 0 Å². The van der Waals surface area contributed by atoms with Crippen LogP contribution in [0.2, 0.25) is 0 Å². The van der Waals surface area contributed by atoms with E-state index in [4.69, 9.17) is 13.9 Å². The lowest BCUT2D eigenvalue weighted by atomic mass is 10.2. The molecule has 122 valence electrons. The molecule has 0 N–H and O–H groups in total. The minimum Gasteiger partial charge on any atom is -0.497 e. The monoisotopic (exact) mass is 315 g/mol. The summed E-state index contributed by atoms with van der Waals surface area (Å²) in [6.07, 6.45) is 2.10. The van der Waals surface area contributed by atoms with Gasteiger partial charge in [-0.15, -0.1) is 0 Å². The molecule has 3 rings (SSSR count). The van der Waals surface area contributed by atoms with Crippen molar-refractivity contribution in [2.75, 3.05) is 14.2 Å². The van der Waals surface area contributed by atoms with Gasteiger partial charge in [-0.1, -0.05) is 12.1 Å². The Balaban J connectivity index is 1.73. The van der Waals surface area contributed by atoms with Gasteiger partial charge in [0.15, 0.2) is 5.76 Å². The first kappa shape index (κ1) is 15.6. The molecule has 1 aliphatic carbocycles. The zero-order chi connectivity index (χ0) is 16.2. The van der Waals surface area contributed by atoms with Crippen molar-refractivity contribution in [1.82, 2.24) is 4.90 Å². The standard InChI is InChI=1S/C18H21NO4/c1-21-12-16-9-10-17(23-16)18(20)19(14-5-6-14)11-13-3-7-15(22-2)8-4-13/h3-4,7-10,14H,5-6,11-12H2,1-2H3. The lowest BCUT2D eigenvalue weighted by Crippen LogP contribution is -2.32. The number of hydrogen-bond acceptors (Lipinski definition) is 4. The molecule has 0 unspecified atom stereocenters. The number of methoxy groups -OCH3 is 2. The fourth-order valence-electron chi connectivity index (χ4n) is 2.53. The summed E-state index contributed by atoms with van der Waals surface area (Å²) < 4.78 is 15.8. The molecule has 2 aromatic rings. The van der Waals surface area contributed by atoms with E-state index in [1.54, 1.807) is 26.4 Å². The molecule has 0 bridgehead atoms. The van der Waals surface area contributed by atoms with E-state index in [1.807, 2.05) is 29.2 Å². The third kappa shape index (κ3) is 3.74. The van der Waals surface area contributed by atoms with E-state index in [0.717, 1.165) is 24.2 Å². The van der Waals surface area contributed by atoms with Crippen LogP contribution in [0.5, 0.6) is 5.75 Å². The van der Waals surface area contributed by atoms with Crippen molar-refractivity contribution in [2.45, 2.75) is 32.0 Å². The second kappa shape index (κ2) is 6.87. The fourth-order valence-corrected chi connectivity index (χ4v) is 2.53. The first-order valence-electron chi connectivity index (χ1n) is 7.73. The van der Waals surface area contributed by atoms with Crippen LogP contribution in [0.25, 0.3) is 0 Å². The SMILES string of the molecule is COCc1ccc(C(=O)N(Cc2ccc(OC)cc2)C2CC2)o1. The maximum atomic E-state index is 12.7. The number of rotatable bonds is 7. The van der Waals surface area contributed by atoms with E-state index < -0.39 is 0 Å². The number of hydrogen-bond donors (Lipinski definition) is 0. The number of carbonyl (C=O) groups is 1. The smallest absolute Gasteiger partial charge is 0.290 e. The Bertz CT molecular complexity index is 658. The normalized spacial score (nSPS) is 13.8. The van der Waals surface area contributed by atoms with Crippen LogP contribution in [-0.2, 0) is 17.9 Å². The zero-order valence-electron chi connectivity index (χ0n) is 13.5. The van der Waals surface area contributed by atoms with Gasteiger partial charge in [0.05, 0.1) is 7.11 Å². The Morgan fingerprint density at radius 1 is 1.17 bits per heavy atom. The molecular weight excluding hydrogens is 294 g/mol. The van der Waals surface area contributed by atoms with Crippen LogP contribution in [0.4, 0.5) is 0 Å². The summed E-state index contributed by atoms with van der Waals surface area (Å²) >= 11 is 0. The van der Waals surface area contributed by atoms with Gasteiger partial charge >= 0.3 is 0 Å². The van der Waals surface area contributed by atoms with Gasteiger partial charge in [-0.2, -0.15) is 0 Å². The van der Waals surface area contributed by atoms with E-state index in [9.17, 15) is 4.79 Å². The molecular formula is C18H21NO4. The van der Waals surface area contributed by atoms with Crippen LogP contribution >= 0.6 is 0 Å². The number of nitrogens with zero attached hydrogens (tertiary/aromatic N) is 1. The number of amides is 1. The third-order valence-electron chi connectivity index (χ3n) is 3.92. The van der Waals surface area contributed by atoms with Crippen molar-refractivity contribution in [1.29, 1.82) is 0 Å². The van der Waals surface area contributed by atoms with Crippen molar-refractivity contribution in [2.24, 2.45) is 0 Å². The van der Waals surface area contributed by atoms with Gasteiger partial charge in [-0.3, -0.25) is 4.79 Å². The van der Waals surface area contributed by atoms with Crippen molar-refractivity contribution in [3.63, 3.8) is 0 Å². The molecule has 1 fully saturated rings. The number of furan rings is 1. The predicted molar refractivity (Wildman–Crippen MR) is 85.3 cm³/mol. The Hall–Kier alpha value is -2.27. The molecule has 1 amide bonds. The van der Waals surface area contributed by atoms with Crippen molar-refractivity contribution in [3.8, 4) is 5.75 Å². The molecule has 1 aromatic carbocycles. The predicted octanol–water partition coefficient (Wildman–Crippen LogP) is 3.24. The molecule has 23 heavy (non-hydrogen) atoms. The van der Waals surface area contributed by atoms with Crippen molar-refractivity contribution >= 4 is 5.91 Å². The van der Waals surface area contributed by atoms with E-state index in [1.165, 1.54) is 0 Å². The van der Waals surface area contributed by atoms with Gasteiger partial charge in [0, 0.05) is 19.7 Å². The van der Waals surface area contributed by atoms with Gasteiger partial charge in [0.1, 0.15) is 18.1 Å². The highest BCUT2D eigenvalue weighted by atomic mass is 16.5. The maximum absolute atomic E-state index is 12.7. The van der Waals surface area contributed by atoms with Gasteiger partial charge < -0.3 is 18.8 Å². The number of carbonyl (C=O) groups excluding carboxylic acids is 1. The molecule has 0 aliphatic heterocycles. The molecule has 1 aromatic heterocycles. The molecule has 5 nitrogen and oxygen atoms in total. The van der Waals surface area contributed by atoms with Crippen LogP contribution in [-0.4, -0.2) is 31.1 Å². The topological polar surface area (TPSA) is 51.9 Å². The molecule has 1 saturated carbocycles. The van der Waals surface area contributed by atoms with E-state index >= 15 is 0 Å². The summed E-state index contributed by atoms with van der Waals surface area (Å²) in [5, 5.41) is 0. The highest BCUT2D eigenvalue weighted by Crippen LogP contribution is 2.30. The number of ether oxygens (including phenoxy) is 2. The Morgan fingerprint density at radius 3 is 2.52 bits per heavy atom. The first-order chi connectivity index (χ1) is 11.2. The largest absolute Gasteiger partial charge is 0.497 e. The van der Waals surface area contributed by atoms with E-state index in [-0.39, 0.29) is 5.91 Å². The maximum Gasteiger partial charge on any atom is 0.290 e. The Kier molecular flexibility index (Phi) is 4.67. The van der Waals surface area contributed by atoms with Gasteiger partial charge in [-0.25, -0.2) is 0 Å². The lowest BCUT2D eigenvalue weighted by Gasteiger charge is -2.21. The summed E-state index contributed by atoms with van der Waals surface area (Å²) in [6.45, 7) is 0.947. The first-order valence-corrected chi connectivity index (χ1v) is 7.73. The summed E-state index contributed by atoms with van der Waals surface area (Å²) in [5.41, 5.74) is 1.08. The van der Waals surface area contributed by atoms with Crippen molar-refractivity contribution < 1.29 is 18.7 Å². The Labute approximate surface area is 135 Å². The third-order valence-corrected chi connectivity index (χ3v) is 3.92. The molecule has 0 atom stereocenters. The molecule has 5 heteroatoms. The Morgan fingerprint density at radius 2 is 1.91 bits per heavy atom. The summed E-state index contributed by atoms with van der Waals surface area (Å²) in [7, 11) is 3.24. The molecule has 1 heterocycles. The second-order valence-corrected chi connectivity index (χ2v) is 5.71. The van der Waals surface area contributed by atoms with Gasteiger partial charge in [0.25, 0.3) is 5.91 Å². The van der Waals surface area contributed by atoms with E-state index in [2.05, 4.69) is 0 Å². The zero-order valence-corrected chi connectivity index (χ0v) is 13.5. The average Bonchev–Trinajstić information content (AvgIpc) is 3.31. The summed E-state index contributed by atoms with van der Waals surface area (Å²) in [6, 6.07) is 11.6. The highest BCUT2D eigenvalue weighted by molar-refractivity contribution is 5.92. The van der Waals surface area contributed by atoms with Crippen LogP contribution in [0.15, 0.2) is 40.8 Å². The minimum absolute atomic E-state index is 0.0642. The van der Waals surface area contributed by atoms with Crippen LogP contribution in [0.1, 0.15) is 34.7 Å². The van der Waals surface area contributed by atoms with Gasteiger partial charge in [-0.05, 0) is 42.7 Å². The summed E-state index contributed by atoms with van der Waals surface area (Å²) in [5.74, 6) is 1.78. The minimum atomic E-state index is -0.0642. The van der Waals surface area contributed by atoms with Crippen molar-refractivity contribution in [3.05, 3.63) is 53.5 Å². The lowest BCUT2D eigenvalue weighted by molar-refractivity contribution is 0.0690. The molecule has 0 saturated heterocycles. The molecule has 1 aliphatic rings. The highest BCUT2D eigenvalue weighted by Gasteiger charge is 2.34. The second-order valence-electron chi connectivity index (χ2n) is 5.71. The quantitative estimate of drug-likeness (QED) is 0.787. The molecule has 0 radical (unpaired) electrons. The number of benzene rings is 1. The van der Waals surface area contributed by atoms with E-state index in [0.29, 0.717) is 30.7 Å². The summed E-state index contributed by atoms with van der Waals surface area (Å²) in [4.78, 5) is 14.6. The average molecular weight is 315 g/mol. The molecule has 0 spiro atoms.